The van der Waals surface area contributed by atoms with Crippen molar-refractivity contribution in [3.63, 3.8) is 0 Å². The van der Waals surface area contributed by atoms with Gasteiger partial charge >= 0.3 is 5.97 Å². The molecule has 0 aliphatic heterocycles. The predicted molar refractivity (Wildman–Crippen MR) is 124 cm³/mol. The summed E-state index contributed by atoms with van der Waals surface area (Å²) in [6, 6.07) is 15.9. The van der Waals surface area contributed by atoms with Gasteiger partial charge in [-0.1, -0.05) is 86.6 Å². The fourth-order valence-corrected chi connectivity index (χ4v) is 3.92. The Hall–Kier alpha value is -2.79. The van der Waals surface area contributed by atoms with Crippen LogP contribution in [0, 0.1) is 0 Å². The summed E-state index contributed by atoms with van der Waals surface area (Å²) in [7, 11) is 0. The molecule has 30 heavy (non-hydrogen) atoms. The average Bonchev–Trinajstić information content (AvgIpc) is 3.24. The second-order valence-corrected chi connectivity index (χ2v) is 8.18. The van der Waals surface area contributed by atoms with Crippen molar-refractivity contribution in [1.82, 2.24) is 10.2 Å². The van der Waals surface area contributed by atoms with Gasteiger partial charge < -0.3 is 4.74 Å². The van der Waals surface area contributed by atoms with Crippen LogP contribution in [0.3, 0.4) is 0 Å². The summed E-state index contributed by atoms with van der Waals surface area (Å²) in [5.41, 5.74) is 3.27. The highest BCUT2D eigenvalue weighted by Gasteiger charge is 2.08. The van der Waals surface area contributed by atoms with Gasteiger partial charge in [0.05, 0.1) is 6.42 Å². The van der Waals surface area contributed by atoms with E-state index in [-0.39, 0.29) is 5.97 Å². The third-order valence-electron chi connectivity index (χ3n) is 4.70. The maximum absolute atomic E-state index is 11.8. The van der Waals surface area contributed by atoms with E-state index in [1.54, 1.807) is 11.3 Å². The van der Waals surface area contributed by atoms with Gasteiger partial charge in [0, 0.05) is 12.0 Å². The SMILES string of the molecule is CCC=CCC(=O)Oc1ccc(-c2ccc(-c3nnc(CCCCC)s3)cc2)cc1. The summed E-state index contributed by atoms with van der Waals surface area (Å²) in [4.78, 5) is 11.8. The number of nitrogens with zero attached hydrogens (tertiary/aromatic N) is 2. The van der Waals surface area contributed by atoms with E-state index < -0.39 is 0 Å². The lowest BCUT2D eigenvalue weighted by molar-refractivity contribution is -0.133. The van der Waals surface area contributed by atoms with Crippen molar-refractivity contribution >= 4 is 17.3 Å². The van der Waals surface area contributed by atoms with E-state index in [2.05, 4.69) is 41.4 Å². The number of benzene rings is 2. The molecule has 3 aromatic rings. The van der Waals surface area contributed by atoms with Gasteiger partial charge in [0.1, 0.15) is 15.8 Å². The Balaban J connectivity index is 1.60. The predicted octanol–water partition coefficient (Wildman–Crippen LogP) is 6.87. The fourth-order valence-electron chi connectivity index (χ4n) is 3.04. The molecule has 156 valence electrons. The minimum Gasteiger partial charge on any atom is -0.426 e. The Morgan fingerprint density at radius 2 is 1.57 bits per heavy atom. The van der Waals surface area contributed by atoms with Crippen molar-refractivity contribution < 1.29 is 9.53 Å². The first-order chi connectivity index (χ1) is 14.7. The van der Waals surface area contributed by atoms with Crippen molar-refractivity contribution in [3.8, 4) is 27.4 Å². The molecule has 0 spiro atoms. The molecule has 0 amide bonds. The molecule has 5 heteroatoms. The fraction of sp³-hybridized carbons (Fsp3) is 0.320. The Morgan fingerprint density at radius 3 is 2.23 bits per heavy atom. The summed E-state index contributed by atoms with van der Waals surface area (Å²) in [5.74, 6) is 0.317. The number of carbonyl (C=O) groups is 1. The molecule has 0 bridgehead atoms. The van der Waals surface area contributed by atoms with Crippen LogP contribution in [0.1, 0.15) is 51.0 Å². The molecule has 0 radical (unpaired) electrons. The van der Waals surface area contributed by atoms with Crippen molar-refractivity contribution in [2.75, 3.05) is 0 Å². The van der Waals surface area contributed by atoms with Crippen LogP contribution in [-0.2, 0) is 11.2 Å². The summed E-state index contributed by atoms with van der Waals surface area (Å²) in [5, 5.41) is 10.7. The number of hydrogen-bond donors (Lipinski definition) is 0. The number of carbonyl (C=O) groups excluding carboxylic acids is 1. The Bertz CT molecular complexity index is 960. The first-order valence-electron chi connectivity index (χ1n) is 10.6. The molecule has 0 atom stereocenters. The quantitative estimate of drug-likeness (QED) is 0.155. The molecule has 0 unspecified atom stereocenters. The van der Waals surface area contributed by atoms with Crippen LogP contribution in [0.4, 0.5) is 0 Å². The van der Waals surface area contributed by atoms with Gasteiger partial charge in [0.25, 0.3) is 0 Å². The Kier molecular flexibility index (Phi) is 8.33. The number of aromatic nitrogens is 2. The zero-order chi connectivity index (χ0) is 21.2. The van der Waals surface area contributed by atoms with Gasteiger partial charge in [-0.2, -0.15) is 0 Å². The van der Waals surface area contributed by atoms with Crippen LogP contribution in [0.15, 0.2) is 60.7 Å². The smallest absolute Gasteiger partial charge is 0.315 e. The topological polar surface area (TPSA) is 52.1 Å². The molecule has 2 aromatic carbocycles. The van der Waals surface area contributed by atoms with Gasteiger partial charge in [-0.25, -0.2) is 0 Å². The zero-order valence-electron chi connectivity index (χ0n) is 17.6. The minimum absolute atomic E-state index is 0.247. The third kappa shape index (κ3) is 6.36. The Labute approximate surface area is 182 Å². The zero-order valence-corrected chi connectivity index (χ0v) is 18.5. The van der Waals surface area contributed by atoms with E-state index in [0.717, 1.165) is 39.5 Å². The third-order valence-corrected chi connectivity index (χ3v) is 5.73. The lowest BCUT2D eigenvalue weighted by atomic mass is 10.0. The number of hydrogen-bond acceptors (Lipinski definition) is 5. The molecule has 1 aromatic heterocycles. The van der Waals surface area contributed by atoms with Crippen LogP contribution in [-0.4, -0.2) is 16.2 Å². The van der Waals surface area contributed by atoms with Gasteiger partial charge in [0.2, 0.25) is 0 Å². The molecule has 0 saturated heterocycles. The van der Waals surface area contributed by atoms with Crippen molar-refractivity contribution in [3.05, 3.63) is 65.7 Å². The van der Waals surface area contributed by atoms with E-state index in [1.165, 1.54) is 19.3 Å². The first kappa shape index (κ1) is 21.9. The first-order valence-corrected chi connectivity index (χ1v) is 11.4. The standard InChI is InChI=1S/C25H28N2O2S/c1-3-5-7-9-23-26-27-25(30-23)21-13-11-19(12-14-21)20-15-17-22(18-16-20)29-24(28)10-8-6-4-2/h6,8,11-18H,3-5,7,9-10H2,1-2H3. The highest BCUT2D eigenvalue weighted by atomic mass is 32.1. The van der Waals surface area contributed by atoms with Gasteiger partial charge in [0.15, 0.2) is 0 Å². The molecule has 0 aliphatic rings. The highest BCUT2D eigenvalue weighted by Crippen LogP contribution is 2.28. The van der Waals surface area contributed by atoms with Crippen LogP contribution < -0.4 is 4.74 Å². The van der Waals surface area contributed by atoms with Gasteiger partial charge in [-0.15, -0.1) is 10.2 Å². The molecule has 0 aliphatic carbocycles. The van der Waals surface area contributed by atoms with Gasteiger partial charge in [-0.05, 0) is 36.1 Å². The number of rotatable bonds is 10. The van der Waals surface area contributed by atoms with Crippen LogP contribution in [0.2, 0.25) is 0 Å². The number of unbranched alkanes of at least 4 members (excludes halogenated alkanes) is 2. The van der Waals surface area contributed by atoms with Crippen molar-refractivity contribution in [2.45, 2.75) is 52.4 Å². The maximum Gasteiger partial charge on any atom is 0.315 e. The van der Waals surface area contributed by atoms with Crippen LogP contribution in [0.25, 0.3) is 21.7 Å². The number of allylic oxidation sites excluding steroid dienone is 1. The average molecular weight is 421 g/mol. The lowest BCUT2D eigenvalue weighted by Gasteiger charge is -2.06. The lowest BCUT2D eigenvalue weighted by Crippen LogP contribution is -2.05. The van der Waals surface area contributed by atoms with E-state index in [4.69, 9.17) is 4.74 Å². The summed E-state index contributed by atoms with van der Waals surface area (Å²) in [6.45, 7) is 4.24. The molecular formula is C25H28N2O2S. The Morgan fingerprint density at radius 1 is 0.900 bits per heavy atom. The highest BCUT2D eigenvalue weighted by molar-refractivity contribution is 7.14. The van der Waals surface area contributed by atoms with Gasteiger partial charge in [-0.3, -0.25) is 4.79 Å². The molecule has 0 N–H and O–H groups in total. The van der Waals surface area contributed by atoms with E-state index in [9.17, 15) is 4.79 Å². The maximum atomic E-state index is 11.8. The van der Waals surface area contributed by atoms with Crippen molar-refractivity contribution in [1.29, 1.82) is 0 Å². The molecule has 3 rings (SSSR count). The van der Waals surface area contributed by atoms with E-state index >= 15 is 0 Å². The van der Waals surface area contributed by atoms with E-state index in [0.29, 0.717) is 12.2 Å². The molecule has 1 heterocycles. The number of esters is 1. The number of aryl methyl sites for hydroxylation is 1. The monoisotopic (exact) mass is 420 g/mol. The summed E-state index contributed by atoms with van der Waals surface area (Å²) in [6.07, 6.45) is 9.64. The van der Waals surface area contributed by atoms with Crippen molar-refractivity contribution in [2.24, 2.45) is 0 Å². The largest absolute Gasteiger partial charge is 0.426 e. The van der Waals surface area contributed by atoms with Crippen LogP contribution >= 0.6 is 11.3 Å². The number of ether oxygens (including phenoxy) is 1. The summed E-state index contributed by atoms with van der Waals surface area (Å²) >= 11 is 1.68. The second kappa shape index (κ2) is 11.4. The molecule has 0 fully saturated rings. The molecule has 0 saturated carbocycles. The van der Waals surface area contributed by atoms with Crippen LogP contribution in [0.5, 0.6) is 5.75 Å². The normalized spacial score (nSPS) is 11.1. The van der Waals surface area contributed by atoms with E-state index in [1.807, 2.05) is 43.3 Å². The molecule has 4 nitrogen and oxygen atoms in total. The minimum atomic E-state index is -0.247. The second-order valence-electron chi connectivity index (χ2n) is 7.12. The summed E-state index contributed by atoms with van der Waals surface area (Å²) < 4.78 is 5.36. The molecular weight excluding hydrogens is 392 g/mol.